The number of phenolic OH excluding ortho intramolecular Hbond substituents is 2. The first-order chi connectivity index (χ1) is 18.9. The van der Waals surface area contributed by atoms with Gasteiger partial charge in [0.15, 0.2) is 34.5 Å². The molecule has 5 rings (SSSR count). The highest BCUT2D eigenvalue weighted by molar-refractivity contribution is 5.75. The SMILES string of the molecule is COc1cc(C[C@@H]2C(=O)OC[C@H]2Cc2cc(OC)c3c(c2)[C@@H](CO)[C@H](c2ccc(O)c(OC)c2)O3)ccc1O. The fourth-order valence-corrected chi connectivity index (χ4v) is 5.55. The van der Waals surface area contributed by atoms with E-state index in [9.17, 15) is 20.1 Å². The molecule has 0 bridgehead atoms. The molecule has 0 unspecified atom stereocenters. The molecule has 2 aliphatic rings. The molecule has 206 valence electrons. The van der Waals surface area contributed by atoms with E-state index in [4.69, 9.17) is 23.7 Å². The number of aliphatic hydroxyl groups excluding tert-OH is 1. The Bertz CT molecular complexity index is 1370. The van der Waals surface area contributed by atoms with Crippen molar-refractivity contribution in [2.45, 2.75) is 24.9 Å². The zero-order valence-electron chi connectivity index (χ0n) is 22.0. The summed E-state index contributed by atoms with van der Waals surface area (Å²) in [5.74, 6) is 0.778. The van der Waals surface area contributed by atoms with Crippen LogP contribution < -0.4 is 18.9 Å². The monoisotopic (exact) mass is 536 g/mol. The van der Waals surface area contributed by atoms with Crippen LogP contribution in [0.1, 0.15) is 34.3 Å². The van der Waals surface area contributed by atoms with Gasteiger partial charge in [0.2, 0.25) is 0 Å². The van der Waals surface area contributed by atoms with Gasteiger partial charge in [0.05, 0.1) is 46.4 Å². The van der Waals surface area contributed by atoms with E-state index in [1.807, 2.05) is 12.1 Å². The van der Waals surface area contributed by atoms with Gasteiger partial charge in [-0.3, -0.25) is 4.79 Å². The molecular weight excluding hydrogens is 504 g/mol. The molecule has 1 fully saturated rings. The number of hydrogen-bond acceptors (Lipinski definition) is 9. The van der Waals surface area contributed by atoms with E-state index in [1.165, 1.54) is 14.2 Å². The van der Waals surface area contributed by atoms with E-state index in [0.717, 1.165) is 22.3 Å². The Morgan fingerprint density at radius 2 is 1.49 bits per heavy atom. The fourth-order valence-electron chi connectivity index (χ4n) is 5.55. The molecule has 0 radical (unpaired) electrons. The van der Waals surface area contributed by atoms with Crippen molar-refractivity contribution in [3.8, 4) is 34.5 Å². The second-order valence-corrected chi connectivity index (χ2v) is 9.89. The van der Waals surface area contributed by atoms with Crippen molar-refractivity contribution >= 4 is 5.97 Å². The van der Waals surface area contributed by atoms with Crippen LogP contribution in [0, 0.1) is 11.8 Å². The van der Waals surface area contributed by atoms with Crippen molar-refractivity contribution in [1.82, 2.24) is 0 Å². The number of methoxy groups -OCH3 is 3. The Kier molecular flexibility index (Phi) is 7.43. The normalized spacial score (nSPS) is 21.7. The van der Waals surface area contributed by atoms with Gasteiger partial charge in [-0.05, 0) is 59.9 Å². The number of benzene rings is 3. The molecule has 39 heavy (non-hydrogen) atoms. The van der Waals surface area contributed by atoms with Gasteiger partial charge in [0.1, 0.15) is 6.10 Å². The summed E-state index contributed by atoms with van der Waals surface area (Å²) in [6.45, 7) is 0.137. The van der Waals surface area contributed by atoms with Crippen LogP contribution >= 0.6 is 0 Å². The molecule has 9 nitrogen and oxygen atoms in total. The molecule has 2 aliphatic heterocycles. The van der Waals surface area contributed by atoms with Gasteiger partial charge in [-0.15, -0.1) is 0 Å². The van der Waals surface area contributed by atoms with E-state index in [1.54, 1.807) is 43.5 Å². The third-order valence-corrected chi connectivity index (χ3v) is 7.61. The largest absolute Gasteiger partial charge is 0.504 e. The predicted octanol–water partition coefficient (Wildman–Crippen LogP) is 3.91. The Morgan fingerprint density at radius 3 is 2.18 bits per heavy atom. The maximum Gasteiger partial charge on any atom is 0.309 e. The first-order valence-electron chi connectivity index (χ1n) is 12.7. The number of carbonyl (C=O) groups is 1. The number of carbonyl (C=O) groups excluding carboxylic acids is 1. The van der Waals surface area contributed by atoms with E-state index < -0.39 is 6.10 Å². The maximum absolute atomic E-state index is 12.7. The summed E-state index contributed by atoms with van der Waals surface area (Å²) in [6, 6.07) is 14.0. The van der Waals surface area contributed by atoms with E-state index in [0.29, 0.717) is 42.4 Å². The number of phenols is 2. The molecule has 3 N–H and O–H groups in total. The molecule has 0 aromatic heterocycles. The van der Waals surface area contributed by atoms with Crippen LogP contribution in [0.4, 0.5) is 0 Å². The molecule has 0 saturated carbocycles. The highest BCUT2D eigenvalue weighted by atomic mass is 16.5. The third-order valence-electron chi connectivity index (χ3n) is 7.61. The van der Waals surface area contributed by atoms with Crippen molar-refractivity contribution in [2.24, 2.45) is 11.8 Å². The second kappa shape index (κ2) is 10.9. The number of esters is 1. The number of ether oxygens (including phenoxy) is 5. The lowest BCUT2D eigenvalue weighted by Gasteiger charge is -2.19. The molecule has 4 atom stereocenters. The van der Waals surface area contributed by atoms with Crippen molar-refractivity contribution in [2.75, 3.05) is 34.5 Å². The molecule has 0 spiro atoms. The molecule has 2 heterocycles. The van der Waals surface area contributed by atoms with E-state index in [2.05, 4.69) is 0 Å². The summed E-state index contributed by atoms with van der Waals surface area (Å²) >= 11 is 0. The average molecular weight is 537 g/mol. The number of hydrogen-bond donors (Lipinski definition) is 3. The molecular formula is C30H32O9. The van der Waals surface area contributed by atoms with Gasteiger partial charge in [0.25, 0.3) is 0 Å². The minimum absolute atomic E-state index is 0.0193. The maximum atomic E-state index is 12.7. The van der Waals surface area contributed by atoms with Gasteiger partial charge in [-0.25, -0.2) is 0 Å². The van der Waals surface area contributed by atoms with Crippen LogP contribution in [0.3, 0.4) is 0 Å². The number of rotatable bonds is 9. The van der Waals surface area contributed by atoms with Gasteiger partial charge < -0.3 is 39.0 Å². The molecule has 3 aromatic carbocycles. The highest BCUT2D eigenvalue weighted by Gasteiger charge is 2.40. The minimum atomic E-state index is -0.503. The number of fused-ring (bicyclic) bond motifs is 1. The summed E-state index contributed by atoms with van der Waals surface area (Å²) in [7, 11) is 4.53. The van der Waals surface area contributed by atoms with Gasteiger partial charge >= 0.3 is 5.97 Å². The fraction of sp³-hybridized carbons (Fsp3) is 0.367. The summed E-state index contributed by atoms with van der Waals surface area (Å²) in [5.41, 5.74) is 3.37. The van der Waals surface area contributed by atoms with Crippen molar-refractivity contribution in [1.29, 1.82) is 0 Å². The first-order valence-corrected chi connectivity index (χ1v) is 12.7. The van der Waals surface area contributed by atoms with Crippen LogP contribution in [-0.4, -0.2) is 55.8 Å². The summed E-state index contributed by atoms with van der Waals surface area (Å²) in [4.78, 5) is 12.7. The molecule has 9 heteroatoms. The lowest BCUT2D eigenvalue weighted by Crippen LogP contribution is -2.21. The van der Waals surface area contributed by atoms with E-state index in [-0.39, 0.29) is 41.8 Å². The average Bonchev–Trinajstić information content (AvgIpc) is 3.49. The van der Waals surface area contributed by atoms with Crippen molar-refractivity contribution in [3.63, 3.8) is 0 Å². The standard InChI is InChI=1S/C30H32O9/c1-35-25-11-16(4-6-23(25)32)9-20-19(15-38-30(20)34)8-17-10-21-22(14-31)28(39-29(21)27(12-17)37-3)18-5-7-24(33)26(13-18)36-2/h4-7,10-13,19-20,22,28,31-33H,8-9,14-15H2,1-3H3/t19-,20+,22-,28+/m1/s1. The van der Waals surface area contributed by atoms with Crippen LogP contribution in [0.25, 0.3) is 0 Å². The molecule has 0 aliphatic carbocycles. The topological polar surface area (TPSA) is 124 Å². The second-order valence-electron chi connectivity index (χ2n) is 9.89. The highest BCUT2D eigenvalue weighted by Crippen LogP contribution is 2.51. The van der Waals surface area contributed by atoms with Crippen LogP contribution in [0.2, 0.25) is 0 Å². The number of aliphatic hydroxyl groups is 1. The lowest BCUT2D eigenvalue weighted by atomic mass is 9.83. The van der Waals surface area contributed by atoms with Crippen LogP contribution in [0.15, 0.2) is 48.5 Å². The van der Waals surface area contributed by atoms with Gasteiger partial charge in [-0.2, -0.15) is 0 Å². The predicted molar refractivity (Wildman–Crippen MR) is 141 cm³/mol. The van der Waals surface area contributed by atoms with Crippen LogP contribution in [-0.2, 0) is 22.4 Å². The zero-order chi connectivity index (χ0) is 27.7. The zero-order valence-corrected chi connectivity index (χ0v) is 22.0. The number of aromatic hydroxyl groups is 2. The lowest BCUT2D eigenvalue weighted by molar-refractivity contribution is -0.141. The minimum Gasteiger partial charge on any atom is -0.504 e. The van der Waals surface area contributed by atoms with Crippen molar-refractivity contribution in [3.05, 3.63) is 70.8 Å². The Hall–Kier alpha value is -4.11. The quantitative estimate of drug-likeness (QED) is 0.349. The Labute approximate surface area is 226 Å². The summed E-state index contributed by atoms with van der Waals surface area (Å²) < 4.78 is 27.9. The smallest absolute Gasteiger partial charge is 0.309 e. The van der Waals surface area contributed by atoms with E-state index >= 15 is 0 Å². The van der Waals surface area contributed by atoms with Gasteiger partial charge in [0, 0.05) is 11.5 Å². The molecule has 1 saturated heterocycles. The number of cyclic esters (lactones) is 1. The summed E-state index contributed by atoms with van der Waals surface area (Å²) in [5, 5.41) is 30.3. The van der Waals surface area contributed by atoms with Gasteiger partial charge in [-0.1, -0.05) is 18.2 Å². The molecule has 0 amide bonds. The summed E-state index contributed by atoms with van der Waals surface area (Å²) in [6.07, 6.45) is 0.512. The Balaban J connectivity index is 1.41. The first kappa shape index (κ1) is 26.5. The third kappa shape index (κ3) is 5.02. The Morgan fingerprint density at radius 1 is 0.821 bits per heavy atom. The van der Waals surface area contributed by atoms with Crippen LogP contribution in [0.5, 0.6) is 34.5 Å². The molecule has 3 aromatic rings. The van der Waals surface area contributed by atoms with Crippen molar-refractivity contribution < 1.29 is 43.8 Å².